The topological polar surface area (TPSA) is 55.5 Å². The van der Waals surface area contributed by atoms with Crippen LogP contribution in [0.2, 0.25) is 0 Å². The van der Waals surface area contributed by atoms with Gasteiger partial charge in [0.1, 0.15) is 5.75 Å². The molecule has 0 heterocycles. The van der Waals surface area contributed by atoms with E-state index in [2.05, 4.69) is 22.6 Å². The van der Waals surface area contributed by atoms with Crippen LogP contribution in [-0.2, 0) is 0 Å². The van der Waals surface area contributed by atoms with Crippen molar-refractivity contribution in [1.82, 2.24) is 0 Å². The van der Waals surface area contributed by atoms with E-state index in [4.69, 9.17) is 15.6 Å². The van der Waals surface area contributed by atoms with Gasteiger partial charge in [-0.25, -0.2) is 0 Å². The van der Waals surface area contributed by atoms with E-state index in [9.17, 15) is 0 Å². The van der Waals surface area contributed by atoms with Gasteiger partial charge in [0, 0.05) is 3.57 Å². The average molecular weight is 293 g/mol. The van der Waals surface area contributed by atoms with Gasteiger partial charge in [0.2, 0.25) is 0 Å². The molecule has 0 radical (unpaired) electrons. The van der Waals surface area contributed by atoms with Crippen LogP contribution >= 0.6 is 22.6 Å². The molecule has 0 aromatic heterocycles. The molecule has 0 aliphatic heterocycles. The lowest BCUT2D eigenvalue weighted by Crippen LogP contribution is -2.15. The lowest BCUT2D eigenvalue weighted by atomic mass is 10.1. The summed E-state index contributed by atoms with van der Waals surface area (Å²) < 4.78 is 6.07. The molecule has 0 unspecified atom stereocenters. The summed E-state index contributed by atoms with van der Waals surface area (Å²) in [6.07, 6.45) is 0. The van der Waals surface area contributed by atoms with Crippen molar-refractivity contribution in [2.45, 2.75) is 6.04 Å². The molecule has 0 bridgehead atoms. The highest BCUT2D eigenvalue weighted by molar-refractivity contribution is 14.1. The van der Waals surface area contributed by atoms with Gasteiger partial charge >= 0.3 is 0 Å². The summed E-state index contributed by atoms with van der Waals surface area (Å²) in [4.78, 5) is 0. The van der Waals surface area contributed by atoms with E-state index in [1.54, 1.807) is 7.11 Å². The Kier molecular flexibility index (Phi) is 3.95. The van der Waals surface area contributed by atoms with Gasteiger partial charge in [-0.1, -0.05) is 6.07 Å². The van der Waals surface area contributed by atoms with Crippen LogP contribution in [0.3, 0.4) is 0 Å². The molecule has 4 heteroatoms. The maximum Gasteiger partial charge on any atom is 0.119 e. The molecule has 72 valence electrons. The minimum absolute atomic E-state index is 0.0394. The highest BCUT2D eigenvalue weighted by Crippen LogP contribution is 2.23. The molecule has 0 saturated carbocycles. The molecule has 0 saturated heterocycles. The molecule has 0 amide bonds. The monoisotopic (exact) mass is 293 g/mol. The van der Waals surface area contributed by atoms with Crippen LogP contribution in [-0.4, -0.2) is 18.8 Å². The second kappa shape index (κ2) is 4.78. The molecule has 1 atom stereocenters. The lowest BCUT2D eigenvalue weighted by Gasteiger charge is -2.11. The van der Waals surface area contributed by atoms with Gasteiger partial charge in [-0.05, 0) is 40.3 Å². The zero-order valence-corrected chi connectivity index (χ0v) is 9.48. The molecule has 3 N–H and O–H groups in total. The fraction of sp³-hybridized carbons (Fsp3) is 0.333. The number of halogens is 1. The Hall–Kier alpha value is -0.330. The van der Waals surface area contributed by atoms with Crippen LogP contribution in [0.1, 0.15) is 11.6 Å². The first-order chi connectivity index (χ1) is 6.19. The predicted molar refractivity (Wildman–Crippen MR) is 59.7 cm³/mol. The van der Waals surface area contributed by atoms with Gasteiger partial charge in [0.05, 0.1) is 19.8 Å². The van der Waals surface area contributed by atoms with Crippen LogP contribution < -0.4 is 10.5 Å². The van der Waals surface area contributed by atoms with E-state index in [0.717, 1.165) is 14.9 Å². The number of benzene rings is 1. The maximum absolute atomic E-state index is 8.88. The standard InChI is InChI=1S/C9H12INO2/c1-13-6-2-3-7(8(10)4-6)9(11)5-12/h2-4,9,12H,5,11H2,1H3/t9-/m0/s1. The number of methoxy groups -OCH3 is 1. The van der Waals surface area contributed by atoms with Gasteiger partial charge in [0.25, 0.3) is 0 Å². The number of hydrogen-bond donors (Lipinski definition) is 2. The first kappa shape index (κ1) is 10.7. The van der Waals surface area contributed by atoms with Gasteiger partial charge < -0.3 is 15.6 Å². The van der Waals surface area contributed by atoms with Gasteiger partial charge in [-0.3, -0.25) is 0 Å². The molecule has 0 fully saturated rings. The summed E-state index contributed by atoms with van der Waals surface area (Å²) in [6, 6.07) is 5.30. The fourth-order valence-corrected chi connectivity index (χ4v) is 1.92. The average Bonchev–Trinajstić information content (AvgIpc) is 2.16. The summed E-state index contributed by atoms with van der Waals surface area (Å²) in [5.41, 5.74) is 6.64. The first-order valence-electron chi connectivity index (χ1n) is 3.89. The predicted octanol–water partition coefficient (Wildman–Crippen LogP) is 1.29. The molecule has 0 spiro atoms. The minimum atomic E-state index is -0.308. The second-order valence-electron chi connectivity index (χ2n) is 2.68. The molecule has 0 aliphatic carbocycles. The Balaban J connectivity index is 2.98. The number of rotatable bonds is 3. The van der Waals surface area contributed by atoms with Gasteiger partial charge in [-0.15, -0.1) is 0 Å². The quantitative estimate of drug-likeness (QED) is 0.826. The van der Waals surface area contributed by atoms with Crippen molar-refractivity contribution in [3.8, 4) is 5.75 Å². The van der Waals surface area contributed by atoms with Crippen molar-refractivity contribution < 1.29 is 9.84 Å². The molecule has 1 aromatic carbocycles. The van der Waals surface area contributed by atoms with Crippen molar-refractivity contribution in [1.29, 1.82) is 0 Å². The smallest absolute Gasteiger partial charge is 0.119 e. The number of aliphatic hydroxyl groups is 1. The fourth-order valence-electron chi connectivity index (χ4n) is 1.03. The van der Waals surface area contributed by atoms with Crippen LogP contribution in [0, 0.1) is 3.57 Å². The molecule has 13 heavy (non-hydrogen) atoms. The van der Waals surface area contributed by atoms with Crippen LogP contribution in [0.15, 0.2) is 18.2 Å². The van der Waals surface area contributed by atoms with E-state index in [1.165, 1.54) is 0 Å². The van der Waals surface area contributed by atoms with Crippen molar-refractivity contribution in [3.05, 3.63) is 27.3 Å². The van der Waals surface area contributed by atoms with E-state index in [-0.39, 0.29) is 12.6 Å². The third kappa shape index (κ3) is 2.55. The summed E-state index contributed by atoms with van der Waals surface area (Å²) in [5.74, 6) is 0.804. The van der Waals surface area contributed by atoms with E-state index in [0.29, 0.717) is 0 Å². The second-order valence-corrected chi connectivity index (χ2v) is 3.84. The zero-order valence-electron chi connectivity index (χ0n) is 7.33. The van der Waals surface area contributed by atoms with Gasteiger partial charge in [0.15, 0.2) is 0 Å². The lowest BCUT2D eigenvalue weighted by molar-refractivity contribution is 0.267. The van der Waals surface area contributed by atoms with Crippen LogP contribution in [0.5, 0.6) is 5.75 Å². The van der Waals surface area contributed by atoms with Gasteiger partial charge in [-0.2, -0.15) is 0 Å². The molecule has 3 nitrogen and oxygen atoms in total. The van der Waals surface area contributed by atoms with Crippen LogP contribution in [0.4, 0.5) is 0 Å². The SMILES string of the molecule is COc1ccc([C@@H](N)CO)c(I)c1. The Morgan fingerprint density at radius 1 is 1.62 bits per heavy atom. The zero-order chi connectivity index (χ0) is 9.84. The number of aliphatic hydroxyl groups excluding tert-OH is 1. The Morgan fingerprint density at radius 3 is 2.77 bits per heavy atom. The minimum Gasteiger partial charge on any atom is -0.497 e. The van der Waals surface area contributed by atoms with E-state index >= 15 is 0 Å². The number of nitrogens with two attached hydrogens (primary N) is 1. The summed E-state index contributed by atoms with van der Waals surface area (Å²) in [6.45, 7) is -0.0394. The highest BCUT2D eigenvalue weighted by atomic mass is 127. The summed E-state index contributed by atoms with van der Waals surface area (Å²) >= 11 is 2.18. The van der Waals surface area contributed by atoms with Crippen molar-refractivity contribution in [2.75, 3.05) is 13.7 Å². The van der Waals surface area contributed by atoms with E-state index < -0.39 is 0 Å². The maximum atomic E-state index is 8.88. The Bertz CT molecular complexity index is 291. The first-order valence-corrected chi connectivity index (χ1v) is 4.96. The molecular formula is C9H12INO2. The largest absolute Gasteiger partial charge is 0.497 e. The Morgan fingerprint density at radius 2 is 2.31 bits per heavy atom. The van der Waals surface area contributed by atoms with Crippen LogP contribution in [0.25, 0.3) is 0 Å². The highest BCUT2D eigenvalue weighted by Gasteiger charge is 2.08. The normalized spacial score (nSPS) is 12.6. The molecule has 0 aliphatic rings. The molecule has 1 aromatic rings. The summed E-state index contributed by atoms with van der Waals surface area (Å²) in [7, 11) is 1.62. The van der Waals surface area contributed by atoms with E-state index in [1.807, 2.05) is 18.2 Å². The summed E-state index contributed by atoms with van der Waals surface area (Å²) in [5, 5.41) is 8.88. The van der Waals surface area contributed by atoms with Crippen molar-refractivity contribution >= 4 is 22.6 Å². The number of hydrogen-bond acceptors (Lipinski definition) is 3. The third-order valence-electron chi connectivity index (χ3n) is 1.80. The molecular weight excluding hydrogens is 281 g/mol. The van der Waals surface area contributed by atoms with Crippen molar-refractivity contribution in [3.63, 3.8) is 0 Å². The number of ether oxygens (including phenoxy) is 1. The van der Waals surface area contributed by atoms with Crippen molar-refractivity contribution in [2.24, 2.45) is 5.73 Å². The third-order valence-corrected chi connectivity index (χ3v) is 2.74. The Labute approximate surface area is 91.0 Å². The molecule has 1 rings (SSSR count).